The van der Waals surface area contributed by atoms with Crippen molar-refractivity contribution >= 4 is 23.5 Å². The first-order valence-electron chi connectivity index (χ1n) is 7.77. The summed E-state index contributed by atoms with van der Waals surface area (Å²) in [5.74, 6) is -2.00. The van der Waals surface area contributed by atoms with Gasteiger partial charge in [0.1, 0.15) is 11.6 Å². The largest absolute Gasteiger partial charge is 0.482 e. The molecule has 0 unspecified atom stereocenters. The number of carboxylic acids is 1. The fourth-order valence-corrected chi connectivity index (χ4v) is 2.58. The van der Waals surface area contributed by atoms with E-state index >= 15 is 0 Å². The number of aliphatic carboxylic acids is 1. The molecule has 1 atom stereocenters. The van der Waals surface area contributed by atoms with Crippen LogP contribution in [0.4, 0.5) is 10.1 Å². The molecule has 7 nitrogen and oxygen atoms in total. The van der Waals surface area contributed by atoms with Crippen molar-refractivity contribution in [3.05, 3.63) is 59.4 Å². The first-order valence-corrected chi connectivity index (χ1v) is 7.77. The molecule has 1 heterocycles. The molecule has 0 saturated heterocycles. The number of amides is 2. The number of nitrogens with one attached hydrogen (secondary N) is 2. The van der Waals surface area contributed by atoms with Gasteiger partial charge in [0, 0.05) is 5.56 Å². The van der Waals surface area contributed by atoms with E-state index in [0.29, 0.717) is 17.0 Å². The van der Waals surface area contributed by atoms with E-state index in [1.54, 1.807) is 0 Å². The monoisotopic (exact) mass is 358 g/mol. The van der Waals surface area contributed by atoms with Gasteiger partial charge in [-0.1, -0.05) is 12.1 Å². The number of rotatable bonds is 5. The molecule has 0 radical (unpaired) electrons. The molecule has 0 aromatic heterocycles. The Morgan fingerprint density at radius 3 is 2.65 bits per heavy atom. The van der Waals surface area contributed by atoms with E-state index in [1.165, 1.54) is 42.5 Å². The first-order chi connectivity index (χ1) is 12.4. The van der Waals surface area contributed by atoms with Crippen molar-refractivity contribution < 1.29 is 28.6 Å². The van der Waals surface area contributed by atoms with Crippen LogP contribution in [0, 0.1) is 5.82 Å². The minimum Gasteiger partial charge on any atom is -0.482 e. The van der Waals surface area contributed by atoms with Crippen LogP contribution in [0.3, 0.4) is 0 Å². The second kappa shape index (κ2) is 7.22. The number of carbonyl (C=O) groups is 3. The van der Waals surface area contributed by atoms with Gasteiger partial charge in [-0.15, -0.1) is 0 Å². The van der Waals surface area contributed by atoms with E-state index in [-0.39, 0.29) is 24.5 Å². The maximum Gasteiger partial charge on any atom is 0.305 e. The standard InChI is InChI=1S/C18H15FN2O5/c19-12-4-1-10(2-5-12)14(8-17(23)24)21-18(25)11-3-6-13-15(7-11)26-9-16(22)20-13/h1-7,14H,8-9H2,(H,20,22)(H,21,25)(H,23,24)/t14-/m0/s1. The lowest BCUT2D eigenvalue weighted by Crippen LogP contribution is -2.30. The minimum atomic E-state index is -1.10. The van der Waals surface area contributed by atoms with Crippen LogP contribution in [0.2, 0.25) is 0 Å². The molecule has 3 N–H and O–H groups in total. The molecule has 0 bridgehead atoms. The van der Waals surface area contributed by atoms with Crippen LogP contribution in [-0.4, -0.2) is 29.5 Å². The van der Waals surface area contributed by atoms with Crippen molar-refractivity contribution in [2.45, 2.75) is 12.5 Å². The first kappa shape index (κ1) is 17.4. The Kier molecular flexibility index (Phi) is 4.83. The molecule has 3 rings (SSSR count). The zero-order chi connectivity index (χ0) is 18.7. The molecule has 0 fully saturated rings. The topological polar surface area (TPSA) is 105 Å². The Balaban J connectivity index is 1.80. The zero-order valence-corrected chi connectivity index (χ0v) is 13.5. The van der Waals surface area contributed by atoms with Crippen LogP contribution in [-0.2, 0) is 9.59 Å². The number of halogens is 1. The van der Waals surface area contributed by atoms with Gasteiger partial charge in [0.25, 0.3) is 11.8 Å². The summed E-state index contributed by atoms with van der Waals surface area (Å²) in [6, 6.07) is 8.92. The van der Waals surface area contributed by atoms with Gasteiger partial charge in [-0.05, 0) is 35.9 Å². The summed E-state index contributed by atoms with van der Waals surface area (Å²) in [7, 11) is 0. The van der Waals surface area contributed by atoms with E-state index < -0.39 is 23.7 Å². The number of carboxylic acid groups (broad SMARTS) is 1. The van der Waals surface area contributed by atoms with Crippen LogP contribution >= 0.6 is 0 Å². The van der Waals surface area contributed by atoms with E-state index in [9.17, 15) is 18.8 Å². The lowest BCUT2D eigenvalue weighted by atomic mass is 10.0. The summed E-state index contributed by atoms with van der Waals surface area (Å²) in [5, 5.41) is 14.3. The average molecular weight is 358 g/mol. The zero-order valence-electron chi connectivity index (χ0n) is 13.5. The fraction of sp³-hybridized carbons (Fsp3) is 0.167. The predicted molar refractivity (Wildman–Crippen MR) is 89.4 cm³/mol. The van der Waals surface area contributed by atoms with Crippen molar-refractivity contribution in [1.82, 2.24) is 5.32 Å². The summed E-state index contributed by atoms with van der Waals surface area (Å²) in [6.07, 6.45) is -0.352. The Labute approximate surface area is 147 Å². The Morgan fingerprint density at radius 2 is 1.96 bits per heavy atom. The van der Waals surface area contributed by atoms with E-state index in [0.717, 1.165) is 0 Å². The van der Waals surface area contributed by atoms with Crippen molar-refractivity contribution in [1.29, 1.82) is 0 Å². The molecule has 2 amide bonds. The van der Waals surface area contributed by atoms with E-state index in [1.807, 2.05) is 0 Å². The molecule has 2 aromatic carbocycles. The number of hydrogen-bond donors (Lipinski definition) is 3. The van der Waals surface area contributed by atoms with Crippen LogP contribution in [0.25, 0.3) is 0 Å². The van der Waals surface area contributed by atoms with Crippen LogP contribution in [0.1, 0.15) is 28.4 Å². The quantitative estimate of drug-likeness (QED) is 0.759. The number of ether oxygens (including phenoxy) is 1. The second-order valence-corrected chi connectivity index (χ2v) is 5.72. The third-order valence-electron chi connectivity index (χ3n) is 3.83. The molecule has 1 aliphatic heterocycles. The van der Waals surface area contributed by atoms with Crippen molar-refractivity contribution in [3.8, 4) is 5.75 Å². The predicted octanol–water partition coefficient (Wildman–Crippen LogP) is 2.10. The molecule has 2 aromatic rings. The number of carbonyl (C=O) groups excluding carboxylic acids is 2. The third kappa shape index (κ3) is 3.97. The van der Waals surface area contributed by atoms with Crippen molar-refractivity contribution in [2.24, 2.45) is 0 Å². The lowest BCUT2D eigenvalue weighted by Gasteiger charge is -2.20. The third-order valence-corrected chi connectivity index (χ3v) is 3.83. The summed E-state index contributed by atoms with van der Waals surface area (Å²) >= 11 is 0. The summed E-state index contributed by atoms with van der Waals surface area (Å²) in [5.41, 5.74) is 1.18. The summed E-state index contributed by atoms with van der Waals surface area (Å²) in [6.45, 7) is -0.144. The summed E-state index contributed by atoms with van der Waals surface area (Å²) in [4.78, 5) is 34.9. The van der Waals surface area contributed by atoms with Crippen molar-refractivity contribution in [3.63, 3.8) is 0 Å². The molecule has 0 saturated carbocycles. The summed E-state index contributed by atoms with van der Waals surface area (Å²) < 4.78 is 18.3. The average Bonchev–Trinajstić information content (AvgIpc) is 2.61. The highest BCUT2D eigenvalue weighted by Gasteiger charge is 2.21. The molecule has 8 heteroatoms. The van der Waals surface area contributed by atoms with Crippen LogP contribution in [0.5, 0.6) is 5.75 Å². The molecule has 134 valence electrons. The number of hydrogen-bond acceptors (Lipinski definition) is 4. The number of benzene rings is 2. The number of anilines is 1. The Morgan fingerprint density at radius 1 is 1.23 bits per heavy atom. The SMILES string of the molecule is O=C(O)C[C@H](NC(=O)c1ccc2c(c1)OCC(=O)N2)c1ccc(F)cc1. The molecule has 0 aliphatic carbocycles. The van der Waals surface area contributed by atoms with Gasteiger partial charge in [0.2, 0.25) is 0 Å². The maximum absolute atomic E-state index is 13.1. The van der Waals surface area contributed by atoms with E-state index in [2.05, 4.69) is 10.6 Å². The smallest absolute Gasteiger partial charge is 0.305 e. The van der Waals surface area contributed by atoms with Gasteiger partial charge < -0.3 is 20.5 Å². The molecule has 0 spiro atoms. The second-order valence-electron chi connectivity index (χ2n) is 5.72. The van der Waals surface area contributed by atoms with Gasteiger partial charge >= 0.3 is 5.97 Å². The molecular formula is C18H15FN2O5. The lowest BCUT2D eigenvalue weighted by molar-refractivity contribution is -0.137. The maximum atomic E-state index is 13.1. The van der Waals surface area contributed by atoms with Crippen LogP contribution in [0.15, 0.2) is 42.5 Å². The van der Waals surface area contributed by atoms with Crippen LogP contribution < -0.4 is 15.4 Å². The van der Waals surface area contributed by atoms with Gasteiger partial charge in [0.15, 0.2) is 6.61 Å². The molecule has 26 heavy (non-hydrogen) atoms. The highest BCUT2D eigenvalue weighted by atomic mass is 19.1. The Hall–Kier alpha value is -3.42. The van der Waals surface area contributed by atoms with Gasteiger partial charge in [-0.2, -0.15) is 0 Å². The molecule has 1 aliphatic rings. The van der Waals surface area contributed by atoms with Gasteiger partial charge in [-0.3, -0.25) is 14.4 Å². The number of fused-ring (bicyclic) bond motifs is 1. The van der Waals surface area contributed by atoms with E-state index in [4.69, 9.17) is 9.84 Å². The Bertz CT molecular complexity index is 866. The normalized spacial score (nSPS) is 13.8. The highest BCUT2D eigenvalue weighted by molar-refractivity contribution is 5.99. The van der Waals surface area contributed by atoms with Gasteiger partial charge in [-0.25, -0.2) is 4.39 Å². The fourth-order valence-electron chi connectivity index (χ4n) is 2.58. The minimum absolute atomic E-state index is 0.144. The molecular weight excluding hydrogens is 343 g/mol. The van der Waals surface area contributed by atoms with Crippen molar-refractivity contribution in [2.75, 3.05) is 11.9 Å². The van der Waals surface area contributed by atoms with Gasteiger partial charge in [0.05, 0.1) is 18.2 Å². The highest BCUT2D eigenvalue weighted by Crippen LogP contribution is 2.29.